The average molecular weight is 524 g/mol. The Morgan fingerprint density at radius 2 is 1.73 bits per heavy atom. The van der Waals surface area contributed by atoms with Gasteiger partial charge < -0.3 is 5.32 Å². The molecule has 0 spiro atoms. The maximum atomic E-state index is 13.3. The van der Waals surface area contributed by atoms with Gasteiger partial charge in [0.2, 0.25) is 5.91 Å². The number of nitrogens with zero attached hydrogens (tertiary/aromatic N) is 1. The van der Waals surface area contributed by atoms with E-state index in [2.05, 4.69) is 5.32 Å². The number of halogens is 2. The smallest absolute Gasteiger partial charge is 0.264 e. The van der Waals surface area contributed by atoms with Gasteiger partial charge in [0.1, 0.15) is 6.54 Å². The monoisotopic (exact) mass is 522 g/mol. The zero-order valence-corrected chi connectivity index (χ0v) is 21.1. The molecule has 0 fully saturated rings. The summed E-state index contributed by atoms with van der Waals surface area (Å²) in [5.41, 5.74) is 2.39. The molecule has 0 saturated heterocycles. The van der Waals surface area contributed by atoms with Crippen molar-refractivity contribution in [2.24, 2.45) is 0 Å². The van der Waals surface area contributed by atoms with Crippen LogP contribution >= 0.6 is 35.0 Å². The van der Waals surface area contributed by atoms with Crippen LogP contribution in [-0.2, 0) is 20.6 Å². The molecule has 33 heavy (non-hydrogen) atoms. The van der Waals surface area contributed by atoms with Crippen molar-refractivity contribution in [1.82, 2.24) is 5.32 Å². The number of thioether (sulfide) groups is 1. The Kier molecular flexibility index (Phi) is 9.09. The minimum atomic E-state index is -3.90. The summed E-state index contributed by atoms with van der Waals surface area (Å²) >= 11 is 13.6. The predicted octanol–water partition coefficient (Wildman–Crippen LogP) is 5.55. The Labute approximate surface area is 209 Å². The lowest BCUT2D eigenvalue weighted by atomic mass is 10.2. The molecule has 3 aromatic rings. The summed E-state index contributed by atoms with van der Waals surface area (Å²) in [6, 6.07) is 20.7. The highest BCUT2D eigenvalue weighted by Gasteiger charge is 2.27. The normalized spacial score (nSPS) is 11.2. The van der Waals surface area contributed by atoms with E-state index in [-0.39, 0.29) is 17.3 Å². The van der Waals surface area contributed by atoms with E-state index in [1.54, 1.807) is 54.2 Å². The summed E-state index contributed by atoms with van der Waals surface area (Å²) < 4.78 is 27.7. The van der Waals surface area contributed by atoms with Crippen molar-refractivity contribution in [3.63, 3.8) is 0 Å². The Balaban J connectivity index is 1.61. The van der Waals surface area contributed by atoms with Crippen molar-refractivity contribution < 1.29 is 13.2 Å². The number of carbonyl (C=O) groups is 1. The minimum absolute atomic E-state index is 0.136. The van der Waals surface area contributed by atoms with Crippen molar-refractivity contribution >= 4 is 56.6 Å². The molecule has 5 nitrogen and oxygen atoms in total. The zero-order chi connectivity index (χ0) is 23.8. The number of sulfonamides is 1. The Hall–Kier alpha value is -2.19. The van der Waals surface area contributed by atoms with Crippen LogP contribution in [0, 0.1) is 6.92 Å². The first kappa shape index (κ1) is 25.4. The predicted molar refractivity (Wildman–Crippen MR) is 138 cm³/mol. The van der Waals surface area contributed by atoms with Crippen molar-refractivity contribution in [1.29, 1.82) is 0 Å². The molecule has 1 N–H and O–H groups in total. The van der Waals surface area contributed by atoms with Gasteiger partial charge in [-0.05, 0) is 54.4 Å². The molecule has 0 aromatic heterocycles. The fraction of sp³-hybridized carbons (Fsp3) is 0.208. The van der Waals surface area contributed by atoms with Gasteiger partial charge in [0, 0.05) is 18.1 Å². The van der Waals surface area contributed by atoms with Crippen molar-refractivity contribution in [3.8, 4) is 0 Å². The number of aryl methyl sites for hydroxylation is 1. The molecule has 0 aliphatic rings. The first-order valence-electron chi connectivity index (χ1n) is 10.2. The van der Waals surface area contributed by atoms with Crippen LogP contribution in [0.1, 0.15) is 11.1 Å². The first-order chi connectivity index (χ1) is 15.8. The van der Waals surface area contributed by atoms with Gasteiger partial charge in [0.15, 0.2) is 0 Å². The summed E-state index contributed by atoms with van der Waals surface area (Å²) in [7, 11) is -3.90. The van der Waals surface area contributed by atoms with E-state index in [1.807, 2.05) is 25.1 Å². The highest BCUT2D eigenvalue weighted by Crippen LogP contribution is 2.25. The van der Waals surface area contributed by atoms with E-state index < -0.39 is 10.0 Å². The van der Waals surface area contributed by atoms with Crippen LogP contribution in [0.25, 0.3) is 0 Å². The van der Waals surface area contributed by atoms with Crippen molar-refractivity contribution in [2.45, 2.75) is 17.6 Å². The molecule has 0 atom stereocenters. The van der Waals surface area contributed by atoms with E-state index in [9.17, 15) is 13.2 Å². The molecule has 0 saturated carbocycles. The number of rotatable bonds is 10. The molecule has 174 valence electrons. The number of nitrogens with one attached hydrogen (secondary N) is 1. The molecule has 9 heteroatoms. The summed E-state index contributed by atoms with van der Waals surface area (Å²) in [6.45, 7) is 1.98. The lowest BCUT2D eigenvalue weighted by Gasteiger charge is -2.24. The van der Waals surface area contributed by atoms with E-state index in [0.29, 0.717) is 28.0 Å². The molecule has 3 rings (SSSR count). The minimum Gasteiger partial charge on any atom is -0.354 e. The summed E-state index contributed by atoms with van der Waals surface area (Å²) in [4.78, 5) is 12.8. The lowest BCUT2D eigenvalue weighted by molar-refractivity contribution is -0.119. The number of carbonyl (C=O) groups excluding carboxylic acids is 1. The second kappa shape index (κ2) is 11.8. The van der Waals surface area contributed by atoms with E-state index in [1.165, 1.54) is 12.1 Å². The van der Waals surface area contributed by atoms with Gasteiger partial charge in [-0.15, -0.1) is 0 Å². The average Bonchev–Trinajstić information content (AvgIpc) is 2.80. The van der Waals surface area contributed by atoms with Gasteiger partial charge in [-0.2, -0.15) is 11.8 Å². The van der Waals surface area contributed by atoms with Crippen LogP contribution in [0.5, 0.6) is 0 Å². The number of hydrogen-bond acceptors (Lipinski definition) is 4. The van der Waals surface area contributed by atoms with Crippen molar-refractivity contribution in [3.05, 3.63) is 94.0 Å². The Bertz CT molecular complexity index is 1210. The third-order valence-corrected chi connectivity index (χ3v) is 8.29. The Morgan fingerprint density at radius 3 is 2.42 bits per heavy atom. The zero-order valence-electron chi connectivity index (χ0n) is 18.0. The fourth-order valence-corrected chi connectivity index (χ4v) is 5.65. The second-order valence-corrected chi connectivity index (χ2v) is 11.1. The number of anilines is 1. The largest absolute Gasteiger partial charge is 0.354 e. The van der Waals surface area contributed by atoms with Gasteiger partial charge in [-0.25, -0.2) is 8.42 Å². The standard InChI is InChI=1S/C24H24Cl2N2O3S2/c1-18-6-5-7-20(14-18)28(33(30,31)21-8-3-2-4-9-21)16-24(29)27-12-13-32-17-19-10-11-22(25)23(26)15-19/h2-11,14-15H,12-13,16-17H2,1H3,(H,27,29). The quantitative estimate of drug-likeness (QED) is 0.354. The topological polar surface area (TPSA) is 66.5 Å². The van der Waals surface area contributed by atoms with Crippen LogP contribution in [-0.4, -0.2) is 33.2 Å². The van der Waals surface area contributed by atoms with Crippen LogP contribution in [0.4, 0.5) is 5.69 Å². The van der Waals surface area contributed by atoms with Crippen molar-refractivity contribution in [2.75, 3.05) is 23.1 Å². The van der Waals surface area contributed by atoms with Crippen LogP contribution in [0.2, 0.25) is 10.0 Å². The van der Waals surface area contributed by atoms with E-state index >= 15 is 0 Å². The van der Waals surface area contributed by atoms with Gasteiger partial charge >= 0.3 is 0 Å². The maximum Gasteiger partial charge on any atom is 0.264 e. The molecule has 0 aliphatic carbocycles. The van der Waals surface area contributed by atoms with Crippen LogP contribution < -0.4 is 9.62 Å². The number of amides is 1. The second-order valence-electron chi connectivity index (χ2n) is 7.31. The lowest BCUT2D eigenvalue weighted by Crippen LogP contribution is -2.41. The molecule has 3 aromatic carbocycles. The van der Waals surface area contributed by atoms with Gasteiger partial charge in [-0.1, -0.05) is 59.6 Å². The number of hydrogen-bond donors (Lipinski definition) is 1. The van der Waals surface area contributed by atoms with Gasteiger partial charge in [0.25, 0.3) is 10.0 Å². The third kappa shape index (κ3) is 7.14. The summed E-state index contributed by atoms with van der Waals surface area (Å²) in [5.74, 6) is 1.03. The Morgan fingerprint density at radius 1 is 0.970 bits per heavy atom. The highest BCUT2D eigenvalue weighted by molar-refractivity contribution is 7.98. The van der Waals surface area contributed by atoms with E-state index in [4.69, 9.17) is 23.2 Å². The summed E-state index contributed by atoms with van der Waals surface area (Å²) in [6.07, 6.45) is 0. The van der Waals surface area contributed by atoms with E-state index in [0.717, 1.165) is 21.2 Å². The molecule has 0 bridgehead atoms. The molecule has 0 heterocycles. The van der Waals surface area contributed by atoms with Crippen LogP contribution in [0.15, 0.2) is 77.7 Å². The fourth-order valence-electron chi connectivity index (χ4n) is 3.09. The molecule has 0 aliphatic heterocycles. The molecule has 1 amide bonds. The molecule has 0 radical (unpaired) electrons. The molecule has 0 unspecified atom stereocenters. The molecular formula is C24H24Cl2N2O3S2. The third-order valence-electron chi connectivity index (χ3n) is 4.73. The van der Waals surface area contributed by atoms with Gasteiger partial charge in [-0.3, -0.25) is 9.10 Å². The van der Waals surface area contributed by atoms with Crippen LogP contribution in [0.3, 0.4) is 0 Å². The van der Waals surface area contributed by atoms with Gasteiger partial charge in [0.05, 0.1) is 20.6 Å². The highest BCUT2D eigenvalue weighted by atomic mass is 35.5. The number of benzene rings is 3. The SMILES string of the molecule is Cc1cccc(N(CC(=O)NCCSCc2ccc(Cl)c(Cl)c2)S(=O)(=O)c2ccccc2)c1. The summed E-state index contributed by atoms with van der Waals surface area (Å²) in [5, 5.41) is 3.84. The molecular weight excluding hydrogens is 499 g/mol. The maximum absolute atomic E-state index is 13.3. The first-order valence-corrected chi connectivity index (χ1v) is 13.6.